The van der Waals surface area contributed by atoms with Crippen molar-refractivity contribution < 1.29 is 4.79 Å². The molecule has 2 aromatic rings. The molecule has 3 rings (SSSR count). The molecule has 1 aliphatic heterocycles. The van der Waals surface area contributed by atoms with Gasteiger partial charge in [0.05, 0.1) is 11.6 Å². The summed E-state index contributed by atoms with van der Waals surface area (Å²) in [4.78, 5) is 24.8. The van der Waals surface area contributed by atoms with Crippen molar-refractivity contribution in [2.75, 3.05) is 26.2 Å². The number of hydrogen-bond donors (Lipinski definition) is 2. The van der Waals surface area contributed by atoms with Gasteiger partial charge in [-0.2, -0.15) is 0 Å². The van der Waals surface area contributed by atoms with Gasteiger partial charge in [-0.15, -0.1) is 35.3 Å². The van der Waals surface area contributed by atoms with Gasteiger partial charge in [-0.05, 0) is 50.8 Å². The minimum atomic E-state index is 0. The number of hydrogen-bond acceptors (Lipinski definition) is 4. The lowest BCUT2D eigenvalue weighted by atomic mass is 10.1. The first-order valence-corrected chi connectivity index (χ1v) is 11.3. The Labute approximate surface area is 200 Å². The Balaban J connectivity index is 0.00000320. The lowest BCUT2D eigenvalue weighted by Gasteiger charge is -2.26. The van der Waals surface area contributed by atoms with E-state index in [2.05, 4.69) is 34.5 Å². The zero-order valence-corrected chi connectivity index (χ0v) is 21.0. The molecule has 1 fully saturated rings. The zero-order valence-electron chi connectivity index (χ0n) is 17.8. The number of thiazole rings is 1. The third kappa shape index (κ3) is 7.54. The molecule has 1 saturated heterocycles. The number of aliphatic imine (C=N–C) groups is 1. The number of likely N-dealkylation sites (tertiary alicyclic amines) is 1. The number of benzene rings is 1. The van der Waals surface area contributed by atoms with E-state index in [4.69, 9.17) is 0 Å². The minimum Gasteiger partial charge on any atom is -0.357 e. The average molecular weight is 542 g/mol. The number of halogens is 1. The molecule has 0 spiro atoms. The van der Waals surface area contributed by atoms with Crippen LogP contribution in [-0.4, -0.2) is 47.9 Å². The Bertz CT molecular complexity index is 815. The summed E-state index contributed by atoms with van der Waals surface area (Å²) in [5.41, 5.74) is 1.86. The zero-order chi connectivity index (χ0) is 20.5. The number of carbonyl (C=O) groups excluding carboxylic acids is 1. The number of rotatable bonds is 7. The molecule has 0 atom stereocenters. The summed E-state index contributed by atoms with van der Waals surface area (Å²) in [6.07, 6.45) is 6.25. The summed E-state index contributed by atoms with van der Waals surface area (Å²) < 4.78 is 0. The fraction of sp³-hybridized carbons (Fsp3) is 0.500. The molecule has 0 radical (unpaired) electrons. The van der Waals surface area contributed by atoms with Gasteiger partial charge < -0.3 is 15.5 Å². The first-order chi connectivity index (χ1) is 14.2. The largest absolute Gasteiger partial charge is 0.357 e. The molecule has 2 heterocycles. The topological polar surface area (TPSA) is 69.6 Å². The highest BCUT2D eigenvalue weighted by molar-refractivity contribution is 14.0. The molecule has 1 aromatic carbocycles. The Kier molecular flexibility index (Phi) is 10.6. The number of nitrogens with one attached hydrogen (secondary N) is 2. The Morgan fingerprint density at radius 1 is 1.17 bits per heavy atom. The number of amides is 1. The van der Waals surface area contributed by atoms with Crippen LogP contribution < -0.4 is 10.6 Å². The third-order valence-corrected chi connectivity index (χ3v) is 5.88. The van der Waals surface area contributed by atoms with Gasteiger partial charge in [0.25, 0.3) is 5.91 Å². The van der Waals surface area contributed by atoms with Gasteiger partial charge in [0.1, 0.15) is 0 Å². The summed E-state index contributed by atoms with van der Waals surface area (Å²) in [7, 11) is 0. The smallest absolute Gasteiger partial charge is 0.253 e. The molecule has 6 nitrogen and oxygen atoms in total. The molecular weight excluding hydrogens is 509 g/mol. The summed E-state index contributed by atoms with van der Waals surface area (Å²) in [6.45, 7) is 8.07. The number of piperidine rings is 1. The first kappa shape index (κ1) is 24.6. The fourth-order valence-electron chi connectivity index (χ4n) is 3.35. The molecule has 0 bridgehead atoms. The van der Waals surface area contributed by atoms with Gasteiger partial charge in [0.2, 0.25) is 0 Å². The van der Waals surface area contributed by atoms with E-state index in [1.165, 1.54) is 11.3 Å². The van der Waals surface area contributed by atoms with Crippen molar-refractivity contribution in [3.63, 3.8) is 0 Å². The van der Waals surface area contributed by atoms with E-state index >= 15 is 0 Å². The molecule has 1 amide bonds. The molecule has 2 N–H and O–H groups in total. The van der Waals surface area contributed by atoms with Crippen molar-refractivity contribution in [1.29, 1.82) is 0 Å². The van der Waals surface area contributed by atoms with Gasteiger partial charge in [0, 0.05) is 49.2 Å². The normalized spacial score (nSPS) is 14.2. The number of nitrogens with zero attached hydrogens (tertiary/aromatic N) is 3. The highest BCUT2D eigenvalue weighted by Crippen LogP contribution is 2.14. The molecule has 0 unspecified atom stereocenters. The van der Waals surface area contributed by atoms with Crippen LogP contribution in [0.5, 0.6) is 0 Å². The standard InChI is InChI=1S/C22H31N5OS.HI/c1-3-23-22(24-12-11-20-25-15-17(2)29-20)26-16-18-7-9-19(10-8-18)21(28)27-13-5-4-6-14-27;/h7-10,15H,3-6,11-14,16H2,1-2H3,(H2,23,24,26);1H. The number of guanidine groups is 1. The molecule has 0 saturated carbocycles. The molecule has 1 aromatic heterocycles. The van der Waals surface area contributed by atoms with Gasteiger partial charge in [-0.3, -0.25) is 4.79 Å². The maximum Gasteiger partial charge on any atom is 0.253 e. The quantitative estimate of drug-likeness (QED) is 0.316. The molecule has 0 aliphatic carbocycles. The Morgan fingerprint density at radius 2 is 1.90 bits per heavy atom. The maximum atomic E-state index is 12.6. The lowest BCUT2D eigenvalue weighted by Crippen LogP contribution is -2.38. The number of carbonyl (C=O) groups is 1. The predicted molar refractivity (Wildman–Crippen MR) is 135 cm³/mol. The van der Waals surface area contributed by atoms with Crippen LogP contribution in [0.15, 0.2) is 35.5 Å². The van der Waals surface area contributed by atoms with Crippen molar-refractivity contribution in [3.05, 3.63) is 51.5 Å². The van der Waals surface area contributed by atoms with Crippen molar-refractivity contribution >= 4 is 47.2 Å². The predicted octanol–water partition coefficient (Wildman–Crippen LogP) is 3.99. The molecular formula is C22H32IN5OS. The van der Waals surface area contributed by atoms with Crippen LogP contribution in [0.4, 0.5) is 0 Å². The second-order valence-electron chi connectivity index (χ2n) is 7.29. The van der Waals surface area contributed by atoms with E-state index in [9.17, 15) is 4.79 Å². The van der Waals surface area contributed by atoms with E-state index < -0.39 is 0 Å². The van der Waals surface area contributed by atoms with Crippen LogP contribution in [0.3, 0.4) is 0 Å². The van der Waals surface area contributed by atoms with Crippen LogP contribution in [0.2, 0.25) is 0 Å². The van der Waals surface area contributed by atoms with Crippen LogP contribution >= 0.6 is 35.3 Å². The molecule has 30 heavy (non-hydrogen) atoms. The molecule has 8 heteroatoms. The Morgan fingerprint density at radius 3 is 2.53 bits per heavy atom. The SMILES string of the molecule is CCNC(=NCc1ccc(C(=O)N2CCCCC2)cc1)NCCc1ncc(C)s1.I. The molecule has 164 valence electrons. The van der Waals surface area contributed by atoms with Crippen LogP contribution in [0.25, 0.3) is 0 Å². The van der Waals surface area contributed by atoms with E-state index in [1.807, 2.05) is 35.4 Å². The van der Waals surface area contributed by atoms with Gasteiger partial charge >= 0.3 is 0 Å². The van der Waals surface area contributed by atoms with E-state index in [-0.39, 0.29) is 29.9 Å². The summed E-state index contributed by atoms with van der Waals surface area (Å²) in [6, 6.07) is 7.85. The van der Waals surface area contributed by atoms with Crippen LogP contribution in [0.1, 0.15) is 52.0 Å². The van der Waals surface area contributed by atoms with Crippen LogP contribution in [-0.2, 0) is 13.0 Å². The highest BCUT2D eigenvalue weighted by atomic mass is 127. The Hall–Kier alpha value is -1.68. The number of aromatic nitrogens is 1. The van der Waals surface area contributed by atoms with E-state index in [0.717, 1.165) is 67.5 Å². The monoisotopic (exact) mass is 541 g/mol. The minimum absolute atomic E-state index is 0. The van der Waals surface area contributed by atoms with Crippen LogP contribution in [0, 0.1) is 6.92 Å². The first-order valence-electron chi connectivity index (χ1n) is 10.5. The van der Waals surface area contributed by atoms with Gasteiger partial charge in [0.15, 0.2) is 5.96 Å². The maximum absolute atomic E-state index is 12.6. The van der Waals surface area contributed by atoms with E-state index in [0.29, 0.717) is 6.54 Å². The summed E-state index contributed by atoms with van der Waals surface area (Å²) in [5.74, 6) is 0.946. The van der Waals surface area contributed by atoms with Gasteiger partial charge in [-0.25, -0.2) is 9.98 Å². The second-order valence-corrected chi connectivity index (χ2v) is 8.61. The third-order valence-electron chi connectivity index (χ3n) is 4.91. The van der Waals surface area contributed by atoms with E-state index in [1.54, 1.807) is 11.3 Å². The molecule has 1 aliphatic rings. The summed E-state index contributed by atoms with van der Waals surface area (Å²) in [5, 5.41) is 7.78. The summed E-state index contributed by atoms with van der Waals surface area (Å²) >= 11 is 1.73. The van der Waals surface area contributed by atoms with Gasteiger partial charge in [-0.1, -0.05) is 12.1 Å². The highest BCUT2D eigenvalue weighted by Gasteiger charge is 2.17. The fourth-order valence-corrected chi connectivity index (χ4v) is 4.14. The average Bonchev–Trinajstić information content (AvgIpc) is 3.17. The van der Waals surface area contributed by atoms with Crippen molar-refractivity contribution in [1.82, 2.24) is 20.5 Å². The van der Waals surface area contributed by atoms with Crippen molar-refractivity contribution in [2.45, 2.75) is 46.1 Å². The van der Waals surface area contributed by atoms with Crippen molar-refractivity contribution in [3.8, 4) is 0 Å². The van der Waals surface area contributed by atoms with Crippen molar-refractivity contribution in [2.24, 2.45) is 4.99 Å². The lowest BCUT2D eigenvalue weighted by molar-refractivity contribution is 0.0724. The second kappa shape index (κ2) is 12.9. The number of aryl methyl sites for hydroxylation is 1.